The molecule has 0 saturated heterocycles. The smallest absolute Gasteiger partial charge is 0.134 e. The lowest BCUT2D eigenvalue weighted by molar-refractivity contribution is -0.116. The first-order chi connectivity index (χ1) is 8.82. The van der Waals surface area contributed by atoms with Crippen LogP contribution in [-0.2, 0) is 17.6 Å². The van der Waals surface area contributed by atoms with E-state index in [1.165, 1.54) is 11.1 Å². The summed E-state index contributed by atoms with van der Waals surface area (Å²) in [7, 11) is 0. The number of fused-ring (bicyclic) bond motifs is 1. The molecule has 2 N–H and O–H groups in total. The lowest BCUT2D eigenvalue weighted by Crippen LogP contribution is -2.28. The van der Waals surface area contributed by atoms with Crippen molar-refractivity contribution in [1.29, 1.82) is 0 Å². The molecule has 2 atom stereocenters. The normalized spacial score (nSPS) is 22.4. The van der Waals surface area contributed by atoms with Crippen LogP contribution in [0, 0.1) is 11.3 Å². The third-order valence-electron chi connectivity index (χ3n) is 4.19. The molecule has 2 unspecified atom stereocenters. The molecule has 0 bridgehead atoms. The minimum Gasteiger partial charge on any atom is -0.330 e. The maximum absolute atomic E-state index is 11.3. The lowest BCUT2D eigenvalue weighted by Gasteiger charge is -2.32. The van der Waals surface area contributed by atoms with E-state index in [9.17, 15) is 4.79 Å². The van der Waals surface area contributed by atoms with Crippen LogP contribution in [0.1, 0.15) is 50.3 Å². The van der Waals surface area contributed by atoms with Crippen LogP contribution in [0.25, 0.3) is 0 Å². The topological polar surface area (TPSA) is 43.1 Å². The lowest BCUT2D eigenvalue weighted by atomic mass is 9.72. The van der Waals surface area contributed by atoms with Gasteiger partial charge in [0.15, 0.2) is 0 Å². The summed E-state index contributed by atoms with van der Waals surface area (Å²) in [5, 5.41) is 0. The first-order valence-corrected chi connectivity index (χ1v) is 7.14. The summed E-state index contributed by atoms with van der Waals surface area (Å²) >= 11 is 0. The minimum absolute atomic E-state index is 0.212. The van der Waals surface area contributed by atoms with Crippen molar-refractivity contribution in [2.45, 2.75) is 46.5 Å². The fourth-order valence-corrected chi connectivity index (χ4v) is 3.56. The molecule has 1 aliphatic carbocycles. The van der Waals surface area contributed by atoms with Gasteiger partial charge < -0.3 is 5.73 Å². The van der Waals surface area contributed by atoms with Crippen molar-refractivity contribution in [2.24, 2.45) is 17.1 Å². The van der Waals surface area contributed by atoms with Crippen LogP contribution < -0.4 is 5.73 Å². The Kier molecular flexibility index (Phi) is 3.82. The summed E-state index contributed by atoms with van der Waals surface area (Å²) in [6.07, 6.45) is 1.62. The molecule has 2 nitrogen and oxygen atoms in total. The number of hydrogen-bond acceptors (Lipinski definition) is 2. The van der Waals surface area contributed by atoms with Crippen LogP contribution in [0.5, 0.6) is 0 Å². The first kappa shape index (κ1) is 14.3. The highest BCUT2D eigenvalue weighted by Crippen LogP contribution is 2.48. The number of ketones is 1. The van der Waals surface area contributed by atoms with Crippen molar-refractivity contribution in [1.82, 2.24) is 0 Å². The quantitative estimate of drug-likeness (QED) is 0.906. The predicted octanol–water partition coefficient (Wildman–Crippen LogP) is 3.08. The molecule has 19 heavy (non-hydrogen) atoms. The van der Waals surface area contributed by atoms with Gasteiger partial charge in [0.1, 0.15) is 5.78 Å². The van der Waals surface area contributed by atoms with Crippen molar-refractivity contribution in [3.8, 4) is 0 Å². The summed E-state index contributed by atoms with van der Waals surface area (Å²) in [5.41, 5.74) is 10.2. The fraction of sp³-hybridized carbons (Fsp3) is 0.588. The monoisotopic (exact) mass is 259 g/mol. The number of hydrogen-bond donors (Lipinski definition) is 1. The van der Waals surface area contributed by atoms with E-state index in [-0.39, 0.29) is 11.2 Å². The largest absolute Gasteiger partial charge is 0.330 e. The van der Waals surface area contributed by atoms with Crippen LogP contribution in [0.4, 0.5) is 0 Å². The molecule has 0 saturated carbocycles. The van der Waals surface area contributed by atoms with Gasteiger partial charge in [-0.05, 0) is 53.8 Å². The van der Waals surface area contributed by atoms with Gasteiger partial charge in [-0.1, -0.05) is 39.0 Å². The molecule has 0 radical (unpaired) electrons. The maximum Gasteiger partial charge on any atom is 0.134 e. The Morgan fingerprint density at radius 2 is 2.05 bits per heavy atom. The second-order valence-electron chi connectivity index (χ2n) is 6.96. The molecule has 0 heterocycles. The van der Waals surface area contributed by atoms with Gasteiger partial charge in [0.25, 0.3) is 0 Å². The number of carbonyl (C=O) groups excluding carboxylic acids is 1. The Bertz CT molecular complexity index is 485. The molecule has 1 aromatic rings. The standard InChI is InChI=1S/C17H25NO/c1-11(19)7-12-5-6-13-9-14(10-18)16(15(13)8-12)17(2,3)4/h5-6,8,14,16H,7,9-10,18H2,1-4H3. The average Bonchev–Trinajstić information content (AvgIpc) is 2.65. The third kappa shape index (κ3) is 2.89. The maximum atomic E-state index is 11.3. The third-order valence-corrected chi connectivity index (χ3v) is 4.19. The average molecular weight is 259 g/mol. The molecule has 1 aliphatic rings. The van der Waals surface area contributed by atoms with Crippen LogP contribution in [0.15, 0.2) is 18.2 Å². The minimum atomic E-state index is 0.212. The molecule has 0 aromatic heterocycles. The Balaban J connectivity index is 2.40. The number of carbonyl (C=O) groups is 1. The molecule has 1 aromatic carbocycles. The van der Waals surface area contributed by atoms with E-state index in [1.54, 1.807) is 6.92 Å². The molecular weight excluding hydrogens is 234 g/mol. The summed E-state index contributed by atoms with van der Waals surface area (Å²) in [5.74, 6) is 1.25. The van der Waals surface area contributed by atoms with E-state index in [0.29, 0.717) is 18.3 Å². The van der Waals surface area contributed by atoms with E-state index in [4.69, 9.17) is 5.73 Å². The summed E-state index contributed by atoms with van der Waals surface area (Å²) in [4.78, 5) is 11.3. The summed E-state index contributed by atoms with van der Waals surface area (Å²) in [6, 6.07) is 6.53. The van der Waals surface area contributed by atoms with Crippen LogP contribution in [0.3, 0.4) is 0 Å². The number of nitrogens with two attached hydrogens (primary N) is 1. The zero-order valence-corrected chi connectivity index (χ0v) is 12.5. The molecule has 0 amide bonds. The highest BCUT2D eigenvalue weighted by atomic mass is 16.1. The second-order valence-corrected chi connectivity index (χ2v) is 6.96. The second kappa shape index (κ2) is 5.09. The van der Waals surface area contributed by atoms with Gasteiger partial charge in [0.05, 0.1) is 0 Å². The van der Waals surface area contributed by atoms with Gasteiger partial charge >= 0.3 is 0 Å². The Morgan fingerprint density at radius 1 is 1.37 bits per heavy atom. The summed E-state index contributed by atoms with van der Waals surface area (Å²) in [6.45, 7) is 9.24. The summed E-state index contributed by atoms with van der Waals surface area (Å²) < 4.78 is 0. The van der Waals surface area contributed by atoms with Gasteiger partial charge in [0, 0.05) is 6.42 Å². The Morgan fingerprint density at radius 3 is 2.58 bits per heavy atom. The van der Waals surface area contributed by atoms with Crippen molar-refractivity contribution in [2.75, 3.05) is 6.54 Å². The van der Waals surface area contributed by atoms with Gasteiger partial charge in [-0.15, -0.1) is 0 Å². The Hall–Kier alpha value is -1.15. The first-order valence-electron chi connectivity index (χ1n) is 7.14. The van der Waals surface area contributed by atoms with Crippen molar-refractivity contribution in [3.63, 3.8) is 0 Å². The van der Waals surface area contributed by atoms with Crippen LogP contribution >= 0.6 is 0 Å². The molecule has 104 valence electrons. The van der Waals surface area contributed by atoms with Crippen LogP contribution in [-0.4, -0.2) is 12.3 Å². The highest BCUT2D eigenvalue weighted by Gasteiger charge is 2.39. The number of rotatable bonds is 3. The van der Waals surface area contributed by atoms with Gasteiger partial charge in [0.2, 0.25) is 0 Å². The van der Waals surface area contributed by atoms with Gasteiger partial charge in [-0.3, -0.25) is 4.79 Å². The highest BCUT2D eigenvalue weighted by molar-refractivity contribution is 5.78. The van der Waals surface area contributed by atoms with E-state index >= 15 is 0 Å². The zero-order valence-electron chi connectivity index (χ0n) is 12.5. The molecule has 2 rings (SSSR count). The SMILES string of the molecule is CC(=O)Cc1ccc2c(c1)C(C(C)(C)C)C(CN)C2. The molecule has 0 spiro atoms. The van der Waals surface area contributed by atoms with Gasteiger partial charge in [-0.2, -0.15) is 0 Å². The molecule has 0 fully saturated rings. The molecule has 0 aliphatic heterocycles. The number of benzene rings is 1. The van der Waals surface area contributed by atoms with Crippen LogP contribution in [0.2, 0.25) is 0 Å². The van der Waals surface area contributed by atoms with Crippen molar-refractivity contribution < 1.29 is 4.79 Å². The van der Waals surface area contributed by atoms with E-state index in [0.717, 1.165) is 18.5 Å². The molecule has 2 heteroatoms. The van der Waals surface area contributed by atoms with Crippen molar-refractivity contribution >= 4 is 5.78 Å². The van der Waals surface area contributed by atoms with Gasteiger partial charge in [-0.25, -0.2) is 0 Å². The predicted molar refractivity (Wildman–Crippen MR) is 79.3 cm³/mol. The zero-order chi connectivity index (χ0) is 14.2. The Labute approximate surface area is 116 Å². The fourth-order valence-electron chi connectivity index (χ4n) is 3.56. The van der Waals surface area contributed by atoms with E-state index < -0.39 is 0 Å². The molecular formula is C17H25NO. The van der Waals surface area contributed by atoms with Crippen molar-refractivity contribution in [3.05, 3.63) is 34.9 Å². The van der Waals surface area contributed by atoms with E-state index in [1.807, 2.05) is 0 Å². The van der Waals surface area contributed by atoms with E-state index in [2.05, 4.69) is 39.0 Å². The number of Topliss-reactive ketones (excluding diaryl/α,β-unsaturated/α-hetero) is 1.